The summed E-state index contributed by atoms with van der Waals surface area (Å²) < 4.78 is 238. The maximum atomic E-state index is 13.5. The van der Waals surface area contributed by atoms with E-state index in [2.05, 4.69) is 9.47 Å². The van der Waals surface area contributed by atoms with E-state index in [1.165, 1.54) is 0 Å². The van der Waals surface area contributed by atoms with Crippen LogP contribution in [-0.2, 0) is 23.9 Å². The molecule has 44 heavy (non-hydrogen) atoms. The van der Waals surface area contributed by atoms with Gasteiger partial charge >= 0.3 is 78.7 Å². The summed E-state index contributed by atoms with van der Waals surface area (Å²) in [5.74, 6) is -48.7. The van der Waals surface area contributed by atoms with Gasteiger partial charge in [-0.2, -0.15) is 79.0 Å². The van der Waals surface area contributed by atoms with Crippen molar-refractivity contribution in [3.63, 3.8) is 0 Å². The molecule has 0 rings (SSSR count). The fourth-order valence-electron chi connectivity index (χ4n) is 2.38. The van der Waals surface area contributed by atoms with Crippen LogP contribution in [0.15, 0.2) is 0 Å². The minimum atomic E-state index is -7.30. The Balaban J connectivity index is 0. The van der Waals surface area contributed by atoms with Crippen LogP contribution in [0.1, 0.15) is 19.3 Å². The number of aliphatic carboxylic acids is 1. The van der Waals surface area contributed by atoms with Crippen molar-refractivity contribution in [2.75, 3.05) is 19.0 Å². The molecule has 0 amide bonds. The summed E-state index contributed by atoms with van der Waals surface area (Å²) in [7, 11) is 0. The van der Waals surface area contributed by atoms with E-state index in [9.17, 15) is 98.5 Å². The number of alkyl halides is 18. The van der Waals surface area contributed by atoms with E-state index in [0.717, 1.165) is 0 Å². The molecule has 0 aromatic rings. The first-order valence-electron chi connectivity index (χ1n) is 10.3. The molecule has 0 aliphatic heterocycles. The van der Waals surface area contributed by atoms with Crippen molar-refractivity contribution in [1.29, 1.82) is 0 Å². The number of halogens is 18. The van der Waals surface area contributed by atoms with Crippen LogP contribution in [0.5, 0.6) is 0 Å². The second-order valence-corrected chi connectivity index (χ2v) is 9.16. The van der Waals surface area contributed by atoms with Gasteiger partial charge in [0.15, 0.2) is 0 Å². The standard InChI is InChI=1S/C18H14F18O6S.Li/c19-11(20,13(23,24)15(27,28)17(31,32)33)1-3-41-9(39)5-7(43-6-8(37)38)10(40)42-4-2-12(21,22)14(25,26)16(29,30)18(34,35)36;/h7H,1-6H2,(H,37,38);/q;+1/p-1. The zero-order chi connectivity index (χ0) is 34.7. The summed E-state index contributed by atoms with van der Waals surface area (Å²) in [4.78, 5) is 34.1. The number of hydrogen-bond donors (Lipinski definition) is 0. The van der Waals surface area contributed by atoms with Crippen LogP contribution in [0, 0.1) is 0 Å². The molecule has 0 spiro atoms. The average molecular weight is 706 g/mol. The van der Waals surface area contributed by atoms with E-state index in [1.54, 1.807) is 0 Å². The van der Waals surface area contributed by atoms with Crippen LogP contribution >= 0.6 is 11.8 Å². The molecule has 6 nitrogen and oxygen atoms in total. The fourth-order valence-corrected chi connectivity index (χ4v) is 3.18. The molecular weight excluding hydrogens is 693 g/mol. The van der Waals surface area contributed by atoms with Gasteiger partial charge < -0.3 is 19.4 Å². The average Bonchev–Trinajstić information content (AvgIpc) is 2.79. The number of carbonyl (C=O) groups excluding carboxylic acids is 3. The van der Waals surface area contributed by atoms with Crippen molar-refractivity contribution in [2.24, 2.45) is 0 Å². The van der Waals surface area contributed by atoms with Crippen molar-refractivity contribution in [3.8, 4) is 0 Å². The number of thioether (sulfide) groups is 1. The summed E-state index contributed by atoms with van der Waals surface area (Å²) in [6.45, 7) is -4.15. The van der Waals surface area contributed by atoms with Crippen molar-refractivity contribution in [3.05, 3.63) is 0 Å². The molecule has 0 N–H and O–H groups in total. The van der Waals surface area contributed by atoms with E-state index >= 15 is 0 Å². The molecule has 0 fully saturated rings. The predicted molar refractivity (Wildman–Crippen MR) is 98.8 cm³/mol. The number of carboxylic acids is 1. The minimum absolute atomic E-state index is 0. The van der Waals surface area contributed by atoms with Gasteiger partial charge in [0.25, 0.3) is 0 Å². The number of ether oxygens (including phenoxy) is 2. The van der Waals surface area contributed by atoms with Gasteiger partial charge in [0.2, 0.25) is 0 Å². The number of carbonyl (C=O) groups is 3. The SMILES string of the molecule is O=C([O-])CSC(CC(=O)OCCC(F)(F)C(F)(F)C(F)(F)C(F)(F)F)C(=O)OCCC(F)(F)C(F)(F)C(F)(F)C(F)(F)F.[Li+]. The van der Waals surface area contributed by atoms with E-state index in [0.29, 0.717) is 0 Å². The fraction of sp³-hybridized carbons (Fsp3) is 0.833. The van der Waals surface area contributed by atoms with Gasteiger partial charge in [-0.1, -0.05) is 0 Å². The van der Waals surface area contributed by atoms with Crippen molar-refractivity contribution in [2.45, 2.75) is 72.4 Å². The van der Waals surface area contributed by atoms with Crippen LogP contribution in [0.25, 0.3) is 0 Å². The van der Waals surface area contributed by atoms with Crippen molar-refractivity contribution in [1.82, 2.24) is 0 Å². The molecule has 0 aliphatic rings. The summed E-state index contributed by atoms with van der Waals surface area (Å²) in [5.41, 5.74) is 0. The van der Waals surface area contributed by atoms with Gasteiger partial charge in [-0.05, 0) is 0 Å². The zero-order valence-corrected chi connectivity index (χ0v) is 21.8. The van der Waals surface area contributed by atoms with Crippen LogP contribution in [0.4, 0.5) is 79.0 Å². The van der Waals surface area contributed by atoms with Crippen LogP contribution in [-0.4, -0.2) is 90.0 Å². The van der Waals surface area contributed by atoms with Gasteiger partial charge in [0, 0.05) is 5.75 Å². The van der Waals surface area contributed by atoms with Gasteiger partial charge in [-0.25, -0.2) is 0 Å². The molecule has 0 heterocycles. The van der Waals surface area contributed by atoms with Gasteiger partial charge in [0.05, 0.1) is 38.4 Å². The third-order valence-corrected chi connectivity index (χ3v) is 5.94. The number of carboxylic acid groups (broad SMARTS) is 1. The summed E-state index contributed by atoms with van der Waals surface area (Å²) >= 11 is -0.248. The zero-order valence-electron chi connectivity index (χ0n) is 21.0. The quantitative estimate of drug-likeness (QED) is 0.138. The third-order valence-electron chi connectivity index (χ3n) is 4.78. The Hall–Kier alpha value is -1.90. The second kappa shape index (κ2) is 14.7. The molecule has 0 aromatic heterocycles. The first kappa shape index (κ1) is 44.2. The van der Waals surface area contributed by atoms with Gasteiger partial charge in [-0.3, -0.25) is 9.59 Å². The Morgan fingerprint density at radius 3 is 1.25 bits per heavy atom. The molecule has 0 aromatic carbocycles. The van der Waals surface area contributed by atoms with Crippen LogP contribution in [0.2, 0.25) is 0 Å². The largest absolute Gasteiger partial charge is 1.00 e. The molecule has 0 aliphatic carbocycles. The Kier molecular flexibility index (Phi) is 14.8. The first-order valence-corrected chi connectivity index (χ1v) is 11.4. The molecular formula is C18H13F18LiO6S. The molecule has 0 radical (unpaired) electrons. The predicted octanol–water partition coefficient (Wildman–Crippen LogP) is 2.04. The van der Waals surface area contributed by atoms with Crippen molar-refractivity contribution >= 4 is 29.7 Å². The minimum Gasteiger partial charge on any atom is -0.549 e. The third kappa shape index (κ3) is 9.80. The van der Waals surface area contributed by atoms with E-state index in [-0.39, 0.29) is 30.6 Å². The molecule has 0 saturated heterocycles. The molecule has 0 saturated carbocycles. The monoisotopic (exact) mass is 706 g/mol. The smallest absolute Gasteiger partial charge is 0.549 e. The Bertz CT molecular complexity index is 1000. The summed E-state index contributed by atoms with van der Waals surface area (Å²) in [6.07, 6.45) is -21.4. The maximum absolute atomic E-state index is 13.5. The number of hydrogen-bond acceptors (Lipinski definition) is 7. The maximum Gasteiger partial charge on any atom is 1.00 e. The van der Waals surface area contributed by atoms with Crippen LogP contribution in [0.3, 0.4) is 0 Å². The van der Waals surface area contributed by atoms with Crippen molar-refractivity contribution < 1.29 is 127 Å². The molecule has 1 atom stereocenters. The van der Waals surface area contributed by atoms with E-state index < -0.39 is 109 Å². The Labute approximate surface area is 248 Å². The van der Waals surface area contributed by atoms with E-state index in [1.807, 2.05) is 0 Å². The molecule has 1 unspecified atom stereocenters. The topological polar surface area (TPSA) is 92.7 Å². The Morgan fingerprint density at radius 2 is 0.932 bits per heavy atom. The normalized spacial score (nSPS) is 14.9. The number of esters is 2. The summed E-state index contributed by atoms with van der Waals surface area (Å²) in [5, 5.41) is 8.19. The summed E-state index contributed by atoms with van der Waals surface area (Å²) in [6, 6.07) is 0. The Morgan fingerprint density at radius 1 is 0.591 bits per heavy atom. The molecule has 26 heteroatoms. The number of rotatable bonds is 16. The molecule has 0 bridgehead atoms. The first-order chi connectivity index (χ1) is 18.8. The van der Waals surface area contributed by atoms with E-state index in [4.69, 9.17) is 0 Å². The van der Waals surface area contributed by atoms with Crippen LogP contribution < -0.4 is 24.0 Å². The molecule has 254 valence electrons. The second-order valence-electron chi connectivity index (χ2n) is 7.97. The van der Waals surface area contributed by atoms with Gasteiger partial charge in [-0.15, -0.1) is 11.8 Å². The van der Waals surface area contributed by atoms with Gasteiger partial charge in [0.1, 0.15) is 5.25 Å².